The fraction of sp³-hybridized carbons (Fsp3) is 0.150. The number of benzene rings is 2. The molecule has 0 bridgehead atoms. The summed E-state index contributed by atoms with van der Waals surface area (Å²) in [6.45, 7) is 1.67. The van der Waals surface area contributed by atoms with E-state index in [1.165, 1.54) is 16.7 Å². The Kier molecular flexibility index (Phi) is 5.93. The van der Waals surface area contributed by atoms with E-state index in [4.69, 9.17) is 17.0 Å². The highest BCUT2D eigenvalue weighted by atomic mass is 32.2. The monoisotopic (exact) mass is 398 g/mol. The lowest BCUT2D eigenvalue weighted by atomic mass is 10.2. The number of rotatable bonds is 5. The Balaban J connectivity index is 1.74. The third-order valence-corrected chi connectivity index (χ3v) is 5.38. The van der Waals surface area contributed by atoms with E-state index >= 15 is 0 Å². The van der Waals surface area contributed by atoms with Gasteiger partial charge in [-0.1, -0.05) is 54.3 Å². The average molecular weight is 399 g/mol. The molecule has 1 aliphatic rings. The molecule has 7 heteroatoms. The van der Waals surface area contributed by atoms with Crippen LogP contribution in [-0.4, -0.2) is 34.2 Å². The maximum absolute atomic E-state index is 12.8. The lowest BCUT2D eigenvalue weighted by Crippen LogP contribution is -2.44. The van der Waals surface area contributed by atoms with E-state index in [2.05, 4.69) is 5.32 Å². The van der Waals surface area contributed by atoms with Crippen LogP contribution in [0.25, 0.3) is 6.08 Å². The average Bonchev–Trinajstić information content (AvgIpc) is 2.95. The molecule has 1 saturated heterocycles. The van der Waals surface area contributed by atoms with Gasteiger partial charge in [0.1, 0.15) is 16.1 Å². The standard InChI is InChI=1S/C20H18N2O3S2/c1-13(18(23)21-15-6-4-3-5-7-15)22-19(24)17(27-20(22)26)12-14-8-10-16(25-2)11-9-14/h3-13H,1-2H3,(H,21,23)/b17-12-. The van der Waals surface area contributed by atoms with Crippen molar-refractivity contribution in [2.24, 2.45) is 0 Å². The number of thioether (sulfide) groups is 1. The van der Waals surface area contributed by atoms with Crippen LogP contribution >= 0.6 is 24.0 Å². The van der Waals surface area contributed by atoms with Gasteiger partial charge in [0.05, 0.1) is 12.0 Å². The third-order valence-electron chi connectivity index (χ3n) is 4.05. The highest BCUT2D eigenvalue weighted by Gasteiger charge is 2.38. The molecule has 138 valence electrons. The molecule has 0 spiro atoms. The van der Waals surface area contributed by atoms with E-state index in [0.717, 1.165) is 11.3 Å². The van der Waals surface area contributed by atoms with E-state index in [0.29, 0.717) is 14.9 Å². The van der Waals surface area contributed by atoms with Gasteiger partial charge in [-0.25, -0.2) is 0 Å². The minimum Gasteiger partial charge on any atom is -0.497 e. The predicted octanol–water partition coefficient (Wildman–Crippen LogP) is 3.92. The van der Waals surface area contributed by atoms with E-state index < -0.39 is 6.04 Å². The molecule has 2 amide bonds. The van der Waals surface area contributed by atoms with Crippen LogP contribution < -0.4 is 10.1 Å². The maximum Gasteiger partial charge on any atom is 0.266 e. The van der Waals surface area contributed by atoms with Gasteiger partial charge in [-0.2, -0.15) is 0 Å². The van der Waals surface area contributed by atoms with Gasteiger partial charge in [0.15, 0.2) is 0 Å². The summed E-state index contributed by atoms with van der Waals surface area (Å²) in [4.78, 5) is 27.2. The Hall–Kier alpha value is -2.64. The summed E-state index contributed by atoms with van der Waals surface area (Å²) < 4.78 is 5.51. The first-order chi connectivity index (χ1) is 13.0. The molecule has 27 heavy (non-hydrogen) atoms. The Morgan fingerprint density at radius 2 is 1.85 bits per heavy atom. The minimum absolute atomic E-state index is 0.267. The topological polar surface area (TPSA) is 58.6 Å². The molecule has 1 fully saturated rings. The molecule has 1 atom stereocenters. The molecular formula is C20H18N2O3S2. The van der Waals surface area contributed by atoms with Crippen molar-refractivity contribution in [2.45, 2.75) is 13.0 Å². The zero-order valence-electron chi connectivity index (χ0n) is 14.8. The SMILES string of the molecule is COc1ccc(/C=C2\SC(=S)N(C(C)C(=O)Nc3ccccc3)C2=O)cc1. The molecular weight excluding hydrogens is 380 g/mol. The zero-order chi connectivity index (χ0) is 19.4. The summed E-state index contributed by atoms with van der Waals surface area (Å²) in [6, 6.07) is 15.8. The predicted molar refractivity (Wildman–Crippen MR) is 113 cm³/mol. The van der Waals surface area contributed by atoms with Gasteiger partial charge in [0, 0.05) is 5.69 Å². The fourth-order valence-corrected chi connectivity index (χ4v) is 3.97. The van der Waals surface area contributed by atoms with Crippen molar-refractivity contribution in [3.8, 4) is 5.75 Å². The number of carbonyl (C=O) groups excluding carboxylic acids is 2. The van der Waals surface area contributed by atoms with Gasteiger partial charge in [0.25, 0.3) is 5.91 Å². The van der Waals surface area contributed by atoms with Gasteiger partial charge in [-0.15, -0.1) is 0 Å². The van der Waals surface area contributed by atoms with Gasteiger partial charge in [-0.05, 0) is 42.8 Å². The summed E-state index contributed by atoms with van der Waals surface area (Å²) in [5.41, 5.74) is 1.53. The van der Waals surface area contributed by atoms with E-state index in [-0.39, 0.29) is 11.8 Å². The molecule has 0 aliphatic carbocycles. The van der Waals surface area contributed by atoms with Crippen molar-refractivity contribution < 1.29 is 14.3 Å². The summed E-state index contributed by atoms with van der Waals surface area (Å²) >= 11 is 6.53. The molecule has 1 unspecified atom stereocenters. The minimum atomic E-state index is -0.709. The molecule has 3 rings (SSSR count). The summed E-state index contributed by atoms with van der Waals surface area (Å²) in [7, 11) is 1.60. The molecule has 0 radical (unpaired) electrons. The van der Waals surface area contributed by atoms with Crippen molar-refractivity contribution >= 4 is 51.9 Å². The molecule has 0 aromatic heterocycles. The van der Waals surface area contributed by atoms with Gasteiger partial charge in [0.2, 0.25) is 5.91 Å². The number of hydrogen-bond donors (Lipinski definition) is 1. The molecule has 1 N–H and O–H groups in total. The second-order valence-electron chi connectivity index (χ2n) is 5.86. The van der Waals surface area contributed by atoms with Gasteiger partial charge in [-0.3, -0.25) is 14.5 Å². The van der Waals surface area contributed by atoms with Gasteiger partial charge < -0.3 is 10.1 Å². The number of anilines is 1. The van der Waals surface area contributed by atoms with E-state index in [1.54, 1.807) is 32.2 Å². The second kappa shape index (κ2) is 8.37. The van der Waals surface area contributed by atoms with Crippen molar-refractivity contribution in [1.29, 1.82) is 0 Å². The summed E-state index contributed by atoms with van der Waals surface area (Å²) in [5, 5.41) is 2.80. The van der Waals surface area contributed by atoms with Crippen LogP contribution in [0.1, 0.15) is 12.5 Å². The fourth-order valence-electron chi connectivity index (χ4n) is 2.55. The highest BCUT2D eigenvalue weighted by molar-refractivity contribution is 8.26. The number of methoxy groups -OCH3 is 1. The lowest BCUT2D eigenvalue weighted by Gasteiger charge is -2.22. The Morgan fingerprint density at radius 1 is 1.19 bits per heavy atom. The molecule has 2 aromatic rings. The van der Waals surface area contributed by atoms with Crippen LogP contribution in [0.2, 0.25) is 0 Å². The lowest BCUT2D eigenvalue weighted by molar-refractivity contribution is -0.129. The number of ether oxygens (including phenoxy) is 1. The van der Waals surface area contributed by atoms with Crippen LogP contribution in [0, 0.1) is 0 Å². The number of hydrogen-bond acceptors (Lipinski definition) is 5. The number of carbonyl (C=O) groups is 2. The first-order valence-electron chi connectivity index (χ1n) is 8.26. The van der Waals surface area contributed by atoms with Crippen LogP contribution in [-0.2, 0) is 9.59 Å². The van der Waals surface area contributed by atoms with Crippen LogP contribution in [0.4, 0.5) is 5.69 Å². The zero-order valence-corrected chi connectivity index (χ0v) is 16.5. The summed E-state index contributed by atoms with van der Waals surface area (Å²) in [5.74, 6) is 0.186. The first kappa shape index (κ1) is 19.1. The normalized spacial score (nSPS) is 16.5. The van der Waals surface area contributed by atoms with Crippen LogP contribution in [0.15, 0.2) is 59.5 Å². The quantitative estimate of drug-likeness (QED) is 0.611. The number of amides is 2. The van der Waals surface area contributed by atoms with E-state index in [9.17, 15) is 9.59 Å². The molecule has 1 heterocycles. The van der Waals surface area contributed by atoms with E-state index in [1.807, 2.05) is 42.5 Å². The molecule has 5 nitrogen and oxygen atoms in total. The first-order valence-corrected chi connectivity index (χ1v) is 9.49. The Morgan fingerprint density at radius 3 is 2.48 bits per heavy atom. The highest BCUT2D eigenvalue weighted by Crippen LogP contribution is 2.34. The van der Waals surface area contributed by atoms with Crippen LogP contribution in [0.5, 0.6) is 5.75 Å². The Labute approximate surface area is 167 Å². The molecule has 1 aliphatic heterocycles. The number of thiocarbonyl (C=S) groups is 1. The number of nitrogens with zero attached hydrogens (tertiary/aromatic N) is 1. The van der Waals surface area contributed by atoms with Crippen molar-refractivity contribution in [2.75, 3.05) is 12.4 Å². The molecule has 0 saturated carbocycles. The number of para-hydroxylation sites is 1. The third kappa shape index (κ3) is 4.37. The second-order valence-corrected chi connectivity index (χ2v) is 7.53. The maximum atomic E-state index is 12.8. The number of nitrogens with one attached hydrogen (secondary N) is 1. The van der Waals surface area contributed by atoms with Crippen LogP contribution in [0.3, 0.4) is 0 Å². The van der Waals surface area contributed by atoms with Crippen molar-refractivity contribution in [3.05, 3.63) is 65.1 Å². The smallest absolute Gasteiger partial charge is 0.266 e. The Bertz CT molecular complexity index is 895. The largest absolute Gasteiger partial charge is 0.497 e. The molecule has 2 aromatic carbocycles. The summed E-state index contributed by atoms with van der Waals surface area (Å²) in [6.07, 6.45) is 1.76. The van der Waals surface area contributed by atoms with Crippen molar-refractivity contribution in [1.82, 2.24) is 4.90 Å². The van der Waals surface area contributed by atoms with Gasteiger partial charge >= 0.3 is 0 Å². The van der Waals surface area contributed by atoms with Crippen molar-refractivity contribution in [3.63, 3.8) is 0 Å².